The van der Waals surface area contributed by atoms with Crippen molar-refractivity contribution >= 4 is 5.91 Å². The van der Waals surface area contributed by atoms with Gasteiger partial charge in [-0.2, -0.15) is 0 Å². The van der Waals surface area contributed by atoms with Gasteiger partial charge in [0, 0.05) is 12.0 Å². The number of aliphatic hydroxyl groups excluding tert-OH is 2. The van der Waals surface area contributed by atoms with E-state index in [0.29, 0.717) is 50.4 Å². The fourth-order valence-corrected chi connectivity index (χ4v) is 13.7. The van der Waals surface area contributed by atoms with Crippen LogP contribution in [0.25, 0.3) is 0 Å². The molecule has 9 nitrogen and oxygen atoms in total. The molecule has 2 heterocycles. The third-order valence-corrected chi connectivity index (χ3v) is 16.0. The van der Waals surface area contributed by atoms with Crippen molar-refractivity contribution in [3.8, 4) is 0 Å². The van der Waals surface area contributed by atoms with Gasteiger partial charge in [-0.15, -0.1) is 0 Å². The van der Waals surface area contributed by atoms with Crippen LogP contribution in [-0.2, 0) is 19.0 Å². The lowest BCUT2D eigenvalue weighted by molar-refractivity contribution is -0.248. The van der Waals surface area contributed by atoms with Crippen molar-refractivity contribution < 1.29 is 34.3 Å². The van der Waals surface area contributed by atoms with E-state index in [1.54, 1.807) is 13.8 Å². The molecule has 0 bridgehead atoms. The standard InChI is InChI=1S/C38H64N2O7/c1-22-18-23(31(42)34(4,5)44)46-30-29(22)35(6)14-15-38-21-37(38)13-12-26(47-28-20-40(16-17-45-28)27(41)19-39(8)9)33(2,3)24(37)10-11-25(38)36(35,7)32(30)43/h22-26,28-32,42-44H,10-21H2,1-9H3/t22-,23?,24+,25?,26?,28+,29+,30?,31?,32+,35?,36-,37?,38?/m1/s1. The molecule has 2 saturated heterocycles. The molecule has 0 aromatic heterocycles. The topological polar surface area (TPSA) is 112 Å². The van der Waals surface area contributed by atoms with Gasteiger partial charge in [-0.3, -0.25) is 4.79 Å². The van der Waals surface area contributed by atoms with Crippen molar-refractivity contribution in [2.45, 2.75) is 142 Å². The Balaban J connectivity index is 1.10. The number of rotatable bonds is 6. The molecule has 1 amide bonds. The van der Waals surface area contributed by atoms with Gasteiger partial charge in [0.15, 0.2) is 6.29 Å². The summed E-state index contributed by atoms with van der Waals surface area (Å²) in [5, 5.41) is 34.1. The first-order valence-electron chi connectivity index (χ1n) is 18.8. The van der Waals surface area contributed by atoms with Gasteiger partial charge in [0.2, 0.25) is 5.91 Å². The van der Waals surface area contributed by atoms with Crippen LogP contribution in [-0.4, -0.2) is 114 Å². The summed E-state index contributed by atoms with van der Waals surface area (Å²) in [6, 6.07) is 0. The largest absolute Gasteiger partial charge is 0.390 e. The van der Waals surface area contributed by atoms with Gasteiger partial charge in [0.1, 0.15) is 6.10 Å². The smallest absolute Gasteiger partial charge is 0.236 e. The van der Waals surface area contributed by atoms with Crippen LogP contribution < -0.4 is 0 Å². The highest BCUT2D eigenvalue weighted by Gasteiger charge is 2.84. The number of fused-ring (bicyclic) bond motifs is 4. The molecule has 268 valence electrons. The number of carbonyl (C=O) groups is 1. The number of aliphatic hydroxyl groups is 3. The highest BCUT2D eigenvalue weighted by atomic mass is 16.7. The number of amides is 1. The van der Waals surface area contributed by atoms with Crippen molar-refractivity contribution in [3.05, 3.63) is 0 Å². The molecule has 2 aliphatic heterocycles. The summed E-state index contributed by atoms with van der Waals surface area (Å²) in [5.41, 5.74) is -1.07. The van der Waals surface area contributed by atoms with Crippen LogP contribution in [0, 0.1) is 50.7 Å². The van der Waals surface area contributed by atoms with E-state index >= 15 is 0 Å². The maximum atomic E-state index is 12.8. The van der Waals surface area contributed by atoms with Crippen LogP contribution in [0.2, 0.25) is 0 Å². The SMILES string of the molecule is C[C@@H]1CC(C(O)C(C)(C)O)OC2[C@H]1C1(C)CCC34CC35CCC(O[C@H]3CN(C(=O)CN(C)C)CCO3)C(C)(C)[C@@H]5CCC4[C@]1(C)[C@H]2O. The predicted molar refractivity (Wildman–Crippen MR) is 178 cm³/mol. The lowest BCUT2D eigenvalue weighted by atomic mass is 9.41. The molecule has 5 saturated carbocycles. The Hall–Kier alpha value is -0.810. The van der Waals surface area contributed by atoms with E-state index in [9.17, 15) is 20.1 Å². The van der Waals surface area contributed by atoms with Crippen LogP contribution in [0.3, 0.4) is 0 Å². The first-order chi connectivity index (χ1) is 21.8. The molecule has 7 aliphatic rings. The van der Waals surface area contributed by atoms with Gasteiger partial charge in [-0.05, 0) is 125 Å². The van der Waals surface area contributed by atoms with Gasteiger partial charge in [-0.25, -0.2) is 0 Å². The first-order valence-corrected chi connectivity index (χ1v) is 18.8. The minimum atomic E-state index is -1.26. The Kier molecular flexibility index (Phi) is 8.17. The molecular formula is C38H64N2O7. The highest BCUT2D eigenvalue weighted by Crippen LogP contribution is 2.89. The van der Waals surface area contributed by atoms with Crippen LogP contribution in [0.15, 0.2) is 0 Å². The quantitative estimate of drug-likeness (QED) is 0.391. The zero-order valence-electron chi connectivity index (χ0n) is 30.6. The number of nitrogens with zero attached hydrogens (tertiary/aromatic N) is 2. The molecule has 0 aromatic rings. The summed E-state index contributed by atoms with van der Waals surface area (Å²) >= 11 is 0. The summed E-state index contributed by atoms with van der Waals surface area (Å²) in [7, 11) is 3.85. The normalized spacial score (nSPS) is 50.9. The molecule has 8 unspecified atom stereocenters. The van der Waals surface area contributed by atoms with Gasteiger partial charge in [-0.1, -0.05) is 34.6 Å². The van der Waals surface area contributed by atoms with E-state index in [-0.39, 0.29) is 57.4 Å². The van der Waals surface area contributed by atoms with Crippen LogP contribution in [0.5, 0.6) is 0 Å². The monoisotopic (exact) mass is 660 g/mol. The van der Waals surface area contributed by atoms with Gasteiger partial charge >= 0.3 is 0 Å². The molecular weight excluding hydrogens is 596 g/mol. The lowest BCUT2D eigenvalue weighted by Gasteiger charge is -2.64. The third-order valence-electron chi connectivity index (χ3n) is 16.0. The number of carbonyl (C=O) groups excluding carboxylic acids is 1. The zero-order chi connectivity index (χ0) is 34.1. The predicted octanol–water partition coefficient (Wildman–Crippen LogP) is 4.06. The molecule has 0 radical (unpaired) electrons. The van der Waals surface area contributed by atoms with Gasteiger partial charge in [0.25, 0.3) is 0 Å². The maximum Gasteiger partial charge on any atom is 0.236 e. The summed E-state index contributed by atoms with van der Waals surface area (Å²) in [6.07, 6.45) is 6.00. The zero-order valence-corrected chi connectivity index (χ0v) is 30.6. The molecule has 7 rings (SSSR count). The van der Waals surface area contributed by atoms with Crippen LogP contribution in [0.4, 0.5) is 0 Å². The highest BCUT2D eigenvalue weighted by molar-refractivity contribution is 5.78. The first kappa shape index (κ1) is 34.6. The second kappa shape index (κ2) is 11.1. The van der Waals surface area contributed by atoms with E-state index in [2.05, 4.69) is 34.6 Å². The number of likely N-dealkylation sites (N-methyl/N-ethyl adjacent to an activating group) is 1. The summed E-state index contributed by atoms with van der Waals surface area (Å²) in [4.78, 5) is 16.6. The lowest BCUT2D eigenvalue weighted by Crippen LogP contribution is -2.60. The van der Waals surface area contributed by atoms with Crippen LogP contribution in [0.1, 0.15) is 99.8 Å². The molecule has 14 atom stereocenters. The maximum absolute atomic E-state index is 12.8. The second-order valence-corrected chi connectivity index (χ2v) is 19.2. The fourth-order valence-electron chi connectivity index (χ4n) is 13.7. The average Bonchev–Trinajstić information content (AvgIpc) is 3.62. The van der Waals surface area contributed by atoms with Gasteiger partial charge in [0.05, 0.1) is 49.7 Å². The van der Waals surface area contributed by atoms with Crippen LogP contribution >= 0.6 is 0 Å². The number of morpholine rings is 1. The molecule has 47 heavy (non-hydrogen) atoms. The molecule has 9 heteroatoms. The molecule has 2 spiro atoms. The number of ether oxygens (including phenoxy) is 3. The Labute approximate surface area is 283 Å². The Morgan fingerprint density at radius 2 is 1.74 bits per heavy atom. The summed E-state index contributed by atoms with van der Waals surface area (Å²) in [5.74, 6) is 1.64. The molecule has 3 N–H and O–H groups in total. The van der Waals surface area contributed by atoms with E-state index in [1.807, 2.05) is 23.9 Å². The Morgan fingerprint density at radius 3 is 2.43 bits per heavy atom. The summed E-state index contributed by atoms with van der Waals surface area (Å²) < 4.78 is 19.6. The third kappa shape index (κ3) is 4.75. The van der Waals surface area contributed by atoms with Crippen molar-refractivity contribution in [3.63, 3.8) is 0 Å². The summed E-state index contributed by atoms with van der Waals surface area (Å²) in [6.45, 7) is 17.3. The fraction of sp³-hybridized carbons (Fsp3) is 0.974. The van der Waals surface area contributed by atoms with Crippen molar-refractivity contribution in [1.29, 1.82) is 0 Å². The van der Waals surface area contributed by atoms with Crippen molar-refractivity contribution in [2.24, 2.45) is 50.7 Å². The van der Waals surface area contributed by atoms with E-state index in [0.717, 1.165) is 32.1 Å². The minimum Gasteiger partial charge on any atom is -0.390 e. The Morgan fingerprint density at radius 1 is 1.06 bits per heavy atom. The molecule has 0 aromatic carbocycles. The Bertz CT molecular complexity index is 1240. The van der Waals surface area contributed by atoms with E-state index in [1.165, 1.54) is 12.8 Å². The van der Waals surface area contributed by atoms with Gasteiger partial charge < -0.3 is 39.3 Å². The van der Waals surface area contributed by atoms with Crippen molar-refractivity contribution in [2.75, 3.05) is 40.3 Å². The van der Waals surface area contributed by atoms with E-state index in [4.69, 9.17) is 14.2 Å². The number of hydrogen-bond donors (Lipinski definition) is 3. The average molecular weight is 661 g/mol. The molecule has 5 aliphatic carbocycles. The van der Waals surface area contributed by atoms with E-state index < -0.39 is 23.9 Å². The molecule has 7 fully saturated rings. The minimum absolute atomic E-state index is 0.0198. The van der Waals surface area contributed by atoms with Crippen molar-refractivity contribution in [1.82, 2.24) is 9.80 Å². The second-order valence-electron chi connectivity index (χ2n) is 19.2. The number of hydrogen-bond acceptors (Lipinski definition) is 8.